The van der Waals surface area contributed by atoms with Crippen molar-refractivity contribution >= 4 is 20.4 Å². The van der Waals surface area contributed by atoms with Gasteiger partial charge in [0.1, 0.15) is 0 Å². The summed E-state index contributed by atoms with van der Waals surface area (Å²) in [6.45, 7) is 4.23. The van der Waals surface area contributed by atoms with Gasteiger partial charge in [0, 0.05) is 17.9 Å². The number of pyridine rings is 1. The van der Waals surface area contributed by atoms with Gasteiger partial charge in [-0.15, -0.1) is 0 Å². The molecule has 1 atom stereocenters. The number of nitrogens with one attached hydrogen (secondary N) is 1. The number of anilines is 1. The van der Waals surface area contributed by atoms with E-state index in [0.717, 1.165) is 11.1 Å². The SMILES string of the molecule is CC(C)Nc1ccnc(P)c1. The number of hydrogen-bond acceptors (Lipinski definition) is 2. The molecule has 1 N–H and O–H groups in total. The molecular formula is C8H13N2P. The zero-order valence-electron chi connectivity index (χ0n) is 6.83. The fourth-order valence-electron chi connectivity index (χ4n) is 0.871. The van der Waals surface area contributed by atoms with E-state index >= 15 is 0 Å². The molecule has 60 valence electrons. The normalized spacial score (nSPS) is 10.2. The molecule has 1 heterocycles. The molecule has 1 aromatic rings. The minimum absolute atomic E-state index is 0.474. The first kappa shape index (κ1) is 8.48. The van der Waals surface area contributed by atoms with Crippen LogP contribution in [0.1, 0.15) is 13.8 Å². The van der Waals surface area contributed by atoms with Crippen LogP contribution in [0.15, 0.2) is 18.3 Å². The first-order valence-corrected chi connectivity index (χ1v) is 4.24. The lowest BCUT2D eigenvalue weighted by atomic mass is 10.3. The predicted molar refractivity (Wildman–Crippen MR) is 52.3 cm³/mol. The van der Waals surface area contributed by atoms with E-state index < -0.39 is 0 Å². The van der Waals surface area contributed by atoms with Crippen LogP contribution in [0, 0.1) is 0 Å². The Morgan fingerprint density at radius 1 is 1.55 bits per heavy atom. The van der Waals surface area contributed by atoms with Crippen molar-refractivity contribution in [2.75, 3.05) is 5.32 Å². The van der Waals surface area contributed by atoms with Crippen molar-refractivity contribution < 1.29 is 0 Å². The summed E-state index contributed by atoms with van der Waals surface area (Å²) in [6, 6.07) is 4.44. The van der Waals surface area contributed by atoms with Crippen LogP contribution in [-0.2, 0) is 0 Å². The molecule has 0 radical (unpaired) electrons. The smallest absolute Gasteiger partial charge is 0.0589 e. The third-order valence-electron chi connectivity index (χ3n) is 1.24. The molecule has 11 heavy (non-hydrogen) atoms. The molecule has 0 saturated carbocycles. The molecule has 0 amide bonds. The fourth-order valence-corrected chi connectivity index (χ4v) is 1.14. The topological polar surface area (TPSA) is 24.9 Å². The second kappa shape index (κ2) is 3.68. The van der Waals surface area contributed by atoms with E-state index in [1.807, 2.05) is 12.1 Å². The van der Waals surface area contributed by atoms with E-state index in [4.69, 9.17) is 0 Å². The lowest BCUT2D eigenvalue weighted by Gasteiger charge is -2.09. The Kier molecular flexibility index (Phi) is 2.84. The largest absolute Gasteiger partial charge is 0.383 e. The fraction of sp³-hybridized carbons (Fsp3) is 0.375. The first-order chi connectivity index (χ1) is 5.18. The van der Waals surface area contributed by atoms with Gasteiger partial charge >= 0.3 is 0 Å². The van der Waals surface area contributed by atoms with Crippen LogP contribution < -0.4 is 10.8 Å². The Morgan fingerprint density at radius 3 is 2.82 bits per heavy atom. The molecule has 0 bridgehead atoms. The van der Waals surface area contributed by atoms with Crippen molar-refractivity contribution in [3.05, 3.63) is 18.3 Å². The third-order valence-corrected chi connectivity index (χ3v) is 1.55. The molecule has 3 heteroatoms. The summed E-state index contributed by atoms with van der Waals surface area (Å²) in [6.07, 6.45) is 1.80. The van der Waals surface area contributed by atoms with Gasteiger partial charge in [0.15, 0.2) is 0 Å². The highest BCUT2D eigenvalue weighted by atomic mass is 31.0. The minimum Gasteiger partial charge on any atom is -0.383 e. The monoisotopic (exact) mass is 168 g/mol. The maximum absolute atomic E-state index is 4.07. The Bertz CT molecular complexity index is 235. The quantitative estimate of drug-likeness (QED) is 0.675. The van der Waals surface area contributed by atoms with Crippen LogP contribution in [0.3, 0.4) is 0 Å². The number of nitrogens with zero attached hydrogens (tertiary/aromatic N) is 1. The summed E-state index contributed by atoms with van der Waals surface area (Å²) in [5.41, 5.74) is 2.09. The molecular weight excluding hydrogens is 155 g/mol. The molecule has 0 aliphatic carbocycles. The maximum Gasteiger partial charge on any atom is 0.0589 e. The van der Waals surface area contributed by atoms with Gasteiger partial charge in [0.2, 0.25) is 0 Å². The summed E-state index contributed by atoms with van der Waals surface area (Å²) in [7, 11) is 2.57. The molecule has 0 spiro atoms. The molecule has 0 aromatic carbocycles. The van der Waals surface area contributed by atoms with Gasteiger partial charge in [0.25, 0.3) is 0 Å². The van der Waals surface area contributed by atoms with Crippen molar-refractivity contribution in [1.29, 1.82) is 0 Å². The van der Waals surface area contributed by atoms with Crippen molar-refractivity contribution in [2.24, 2.45) is 0 Å². The Hall–Kier alpha value is -0.620. The van der Waals surface area contributed by atoms with Crippen molar-refractivity contribution in [1.82, 2.24) is 4.98 Å². The van der Waals surface area contributed by atoms with E-state index in [0.29, 0.717) is 6.04 Å². The molecule has 0 fully saturated rings. The molecule has 2 nitrogen and oxygen atoms in total. The van der Waals surface area contributed by atoms with E-state index in [1.165, 1.54) is 0 Å². The van der Waals surface area contributed by atoms with E-state index in [9.17, 15) is 0 Å². The highest BCUT2D eigenvalue weighted by molar-refractivity contribution is 7.26. The van der Waals surface area contributed by atoms with Crippen LogP contribution in [0.4, 0.5) is 5.69 Å². The summed E-state index contributed by atoms with van der Waals surface area (Å²) in [4.78, 5) is 4.07. The maximum atomic E-state index is 4.07. The summed E-state index contributed by atoms with van der Waals surface area (Å²) in [5, 5.41) is 3.29. The van der Waals surface area contributed by atoms with Crippen LogP contribution in [0.2, 0.25) is 0 Å². The zero-order valence-corrected chi connectivity index (χ0v) is 7.99. The van der Waals surface area contributed by atoms with E-state index in [-0.39, 0.29) is 0 Å². The van der Waals surface area contributed by atoms with E-state index in [2.05, 4.69) is 33.4 Å². The molecule has 0 aliphatic rings. The summed E-state index contributed by atoms with van der Waals surface area (Å²) < 4.78 is 0. The van der Waals surface area contributed by atoms with Crippen LogP contribution >= 0.6 is 9.24 Å². The number of rotatable bonds is 2. The lowest BCUT2D eigenvalue weighted by Crippen LogP contribution is -2.11. The highest BCUT2D eigenvalue weighted by Crippen LogP contribution is 2.04. The van der Waals surface area contributed by atoms with Gasteiger partial charge in [-0.1, -0.05) is 9.24 Å². The van der Waals surface area contributed by atoms with Gasteiger partial charge in [-0.3, -0.25) is 4.98 Å². The van der Waals surface area contributed by atoms with Crippen LogP contribution in [-0.4, -0.2) is 11.0 Å². The summed E-state index contributed by atoms with van der Waals surface area (Å²) in [5.74, 6) is 0. The second-order valence-corrected chi connectivity index (χ2v) is 3.36. The molecule has 0 aliphatic heterocycles. The Balaban J connectivity index is 2.71. The zero-order chi connectivity index (χ0) is 8.27. The van der Waals surface area contributed by atoms with Gasteiger partial charge in [-0.25, -0.2) is 0 Å². The van der Waals surface area contributed by atoms with Gasteiger partial charge in [-0.05, 0) is 26.0 Å². The Morgan fingerprint density at radius 2 is 2.27 bits per heavy atom. The highest BCUT2D eigenvalue weighted by Gasteiger charge is 1.94. The van der Waals surface area contributed by atoms with Crippen LogP contribution in [0.25, 0.3) is 0 Å². The second-order valence-electron chi connectivity index (χ2n) is 2.77. The average molecular weight is 168 g/mol. The predicted octanol–water partition coefficient (Wildman–Crippen LogP) is 1.40. The number of hydrogen-bond donors (Lipinski definition) is 1. The Labute approximate surface area is 69.6 Å². The van der Waals surface area contributed by atoms with Crippen molar-refractivity contribution in [2.45, 2.75) is 19.9 Å². The molecule has 1 aromatic heterocycles. The summed E-state index contributed by atoms with van der Waals surface area (Å²) >= 11 is 0. The standard InChI is InChI=1S/C8H13N2P/c1-6(2)10-7-3-4-9-8(11)5-7/h3-6H,11H2,1-2H3,(H,9,10). The van der Waals surface area contributed by atoms with Gasteiger partial charge in [0.05, 0.1) is 5.44 Å². The van der Waals surface area contributed by atoms with Gasteiger partial charge < -0.3 is 5.32 Å². The average Bonchev–Trinajstić information content (AvgIpc) is 1.85. The lowest BCUT2D eigenvalue weighted by molar-refractivity contribution is 0.899. The third kappa shape index (κ3) is 2.85. The van der Waals surface area contributed by atoms with Gasteiger partial charge in [-0.2, -0.15) is 0 Å². The molecule has 1 rings (SSSR count). The first-order valence-electron chi connectivity index (χ1n) is 3.66. The minimum atomic E-state index is 0.474. The molecule has 1 unspecified atom stereocenters. The van der Waals surface area contributed by atoms with E-state index in [1.54, 1.807) is 6.20 Å². The number of aromatic nitrogens is 1. The molecule has 0 saturated heterocycles. The van der Waals surface area contributed by atoms with Crippen molar-refractivity contribution in [3.63, 3.8) is 0 Å². The van der Waals surface area contributed by atoms with Crippen molar-refractivity contribution in [3.8, 4) is 0 Å². The van der Waals surface area contributed by atoms with Crippen LogP contribution in [0.5, 0.6) is 0 Å².